The Morgan fingerprint density at radius 3 is 2.54 bits per heavy atom. The largest absolute Gasteiger partial charge is 0.508 e. The third-order valence-corrected chi connectivity index (χ3v) is 6.82. The standard InChI is InChI=1S/C27H28ClN3O5S/c1-5-23-31-24(15(2)3)22(37-23)13-21(27(35)36-4)30-26(34)19-10-9-17(12-20(19)28)25(33)29-14-16-7-6-8-18(32)11-16/h6-13,15,32H,5,14H2,1-4H3,(H,29,33)(H,30,34)/b21-13-. The minimum absolute atomic E-state index is 0.0423. The minimum atomic E-state index is -0.714. The molecule has 0 aliphatic heterocycles. The second-order valence-electron chi connectivity index (χ2n) is 8.42. The number of benzene rings is 2. The summed E-state index contributed by atoms with van der Waals surface area (Å²) in [5, 5.41) is 15.8. The van der Waals surface area contributed by atoms with Crippen molar-refractivity contribution in [1.82, 2.24) is 15.6 Å². The van der Waals surface area contributed by atoms with E-state index in [1.54, 1.807) is 30.3 Å². The van der Waals surface area contributed by atoms with Crippen molar-refractivity contribution in [2.45, 2.75) is 39.7 Å². The van der Waals surface area contributed by atoms with Gasteiger partial charge in [0.05, 0.1) is 33.3 Å². The predicted octanol–water partition coefficient (Wildman–Crippen LogP) is 5.06. The Labute approximate surface area is 224 Å². The van der Waals surface area contributed by atoms with Crippen LogP contribution in [0.5, 0.6) is 5.75 Å². The van der Waals surface area contributed by atoms with Crippen LogP contribution in [0.4, 0.5) is 0 Å². The third kappa shape index (κ3) is 7.18. The fourth-order valence-electron chi connectivity index (χ4n) is 3.43. The topological polar surface area (TPSA) is 118 Å². The molecule has 10 heteroatoms. The number of thiazole rings is 1. The number of carbonyl (C=O) groups excluding carboxylic acids is 3. The number of aromatic nitrogens is 1. The van der Waals surface area contributed by atoms with Crippen molar-refractivity contribution in [3.05, 3.63) is 85.5 Å². The number of phenolic OH excluding ortho intramolecular Hbond substituents is 1. The number of nitrogens with zero attached hydrogens (tertiary/aromatic N) is 1. The van der Waals surface area contributed by atoms with Crippen molar-refractivity contribution in [3.8, 4) is 5.75 Å². The molecule has 2 aromatic carbocycles. The van der Waals surface area contributed by atoms with Gasteiger partial charge in [-0.1, -0.05) is 44.5 Å². The number of carbonyl (C=O) groups is 3. The number of rotatable bonds is 9. The van der Waals surface area contributed by atoms with Crippen molar-refractivity contribution in [1.29, 1.82) is 0 Å². The average molecular weight is 542 g/mol. The first kappa shape index (κ1) is 27.9. The number of nitrogens with one attached hydrogen (secondary N) is 2. The van der Waals surface area contributed by atoms with Crippen LogP contribution in [0.2, 0.25) is 5.02 Å². The summed E-state index contributed by atoms with van der Waals surface area (Å²) in [5.41, 5.74) is 1.85. The van der Waals surface area contributed by atoms with Gasteiger partial charge in [-0.15, -0.1) is 11.3 Å². The number of aromatic hydroxyl groups is 1. The zero-order chi connectivity index (χ0) is 27.1. The van der Waals surface area contributed by atoms with Crippen LogP contribution >= 0.6 is 22.9 Å². The van der Waals surface area contributed by atoms with Crippen molar-refractivity contribution in [2.75, 3.05) is 7.11 Å². The van der Waals surface area contributed by atoms with E-state index in [0.29, 0.717) is 0 Å². The van der Waals surface area contributed by atoms with E-state index in [0.717, 1.165) is 27.6 Å². The van der Waals surface area contributed by atoms with Gasteiger partial charge in [-0.05, 0) is 54.3 Å². The van der Waals surface area contributed by atoms with Gasteiger partial charge in [0.2, 0.25) is 0 Å². The first-order valence-electron chi connectivity index (χ1n) is 11.6. The lowest BCUT2D eigenvalue weighted by Gasteiger charge is -2.11. The van der Waals surface area contributed by atoms with Crippen molar-refractivity contribution in [2.24, 2.45) is 0 Å². The summed E-state index contributed by atoms with van der Waals surface area (Å²) in [6.45, 7) is 6.21. The number of ether oxygens (including phenoxy) is 1. The van der Waals surface area contributed by atoms with Crippen LogP contribution < -0.4 is 10.6 Å². The molecule has 0 spiro atoms. The first-order valence-corrected chi connectivity index (χ1v) is 12.8. The lowest BCUT2D eigenvalue weighted by atomic mass is 10.1. The monoisotopic (exact) mass is 541 g/mol. The van der Waals surface area contributed by atoms with Crippen LogP contribution in [0, 0.1) is 0 Å². The lowest BCUT2D eigenvalue weighted by Crippen LogP contribution is -2.28. The highest BCUT2D eigenvalue weighted by Gasteiger charge is 2.20. The van der Waals surface area contributed by atoms with Gasteiger partial charge in [-0.3, -0.25) is 9.59 Å². The number of aryl methyl sites for hydroxylation is 1. The molecule has 0 radical (unpaired) electrons. The summed E-state index contributed by atoms with van der Waals surface area (Å²) < 4.78 is 4.87. The molecule has 0 saturated heterocycles. The zero-order valence-electron chi connectivity index (χ0n) is 20.9. The molecule has 2 amide bonds. The summed E-state index contributed by atoms with van der Waals surface area (Å²) in [6, 6.07) is 10.8. The smallest absolute Gasteiger partial charge is 0.354 e. The Bertz CT molecular complexity index is 1350. The normalized spacial score (nSPS) is 11.4. The van der Waals surface area contributed by atoms with Crippen LogP contribution in [0.25, 0.3) is 6.08 Å². The number of phenols is 1. The molecule has 3 N–H and O–H groups in total. The molecule has 37 heavy (non-hydrogen) atoms. The highest BCUT2D eigenvalue weighted by atomic mass is 35.5. The second-order valence-corrected chi connectivity index (χ2v) is 9.94. The van der Waals surface area contributed by atoms with Crippen LogP contribution in [0.3, 0.4) is 0 Å². The highest BCUT2D eigenvalue weighted by molar-refractivity contribution is 7.12. The van der Waals surface area contributed by atoms with E-state index in [-0.39, 0.29) is 40.1 Å². The molecule has 0 unspecified atom stereocenters. The molecule has 0 bridgehead atoms. The molecular formula is C27H28ClN3O5S. The Hall–Kier alpha value is -3.69. The SMILES string of the molecule is CCc1nc(C(C)C)c(/C=C(\NC(=O)c2ccc(C(=O)NCc3cccc(O)c3)cc2Cl)C(=O)OC)s1. The molecule has 0 atom stereocenters. The van der Waals surface area contributed by atoms with Gasteiger partial charge in [0.1, 0.15) is 11.4 Å². The number of hydrogen-bond acceptors (Lipinski definition) is 7. The molecule has 8 nitrogen and oxygen atoms in total. The van der Waals surface area contributed by atoms with Crippen LogP contribution in [0.15, 0.2) is 48.2 Å². The number of halogens is 1. The van der Waals surface area contributed by atoms with Gasteiger partial charge >= 0.3 is 5.97 Å². The first-order chi connectivity index (χ1) is 17.6. The third-order valence-electron chi connectivity index (χ3n) is 5.34. The van der Waals surface area contributed by atoms with E-state index < -0.39 is 17.8 Å². The van der Waals surface area contributed by atoms with Crippen molar-refractivity contribution >= 4 is 46.8 Å². The van der Waals surface area contributed by atoms with Gasteiger partial charge in [0.15, 0.2) is 0 Å². The maximum absolute atomic E-state index is 13.0. The number of hydrogen-bond donors (Lipinski definition) is 3. The van der Waals surface area contributed by atoms with Gasteiger partial charge in [-0.25, -0.2) is 9.78 Å². The van der Waals surface area contributed by atoms with Crippen LogP contribution in [-0.2, 0) is 22.5 Å². The number of esters is 1. The Morgan fingerprint density at radius 1 is 1.16 bits per heavy atom. The van der Waals surface area contributed by atoms with E-state index >= 15 is 0 Å². The number of amides is 2. The molecule has 0 aliphatic carbocycles. The summed E-state index contributed by atoms with van der Waals surface area (Å²) in [6.07, 6.45) is 2.31. The van der Waals surface area contributed by atoms with Crippen molar-refractivity contribution < 1.29 is 24.2 Å². The fraction of sp³-hybridized carbons (Fsp3) is 0.259. The molecule has 1 aromatic heterocycles. The van der Waals surface area contributed by atoms with E-state index in [1.165, 1.54) is 36.6 Å². The summed E-state index contributed by atoms with van der Waals surface area (Å²) in [7, 11) is 1.23. The quantitative estimate of drug-likeness (QED) is 0.257. The van der Waals surface area contributed by atoms with E-state index in [4.69, 9.17) is 16.3 Å². The van der Waals surface area contributed by atoms with E-state index in [9.17, 15) is 19.5 Å². The lowest BCUT2D eigenvalue weighted by molar-refractivity contribution is -0.136. The van der Waals surface area contributed by atoms with E-state index in [2.05, 4.69) is 15.6 Å². The summed E-state index contributed by atoms with van der Waals surface area (Å²) >= 11 is 7.78. The van der Waals surface area contributed by atoms with Gasteiger partial charge in [0, 0.05) is 12.1 Å². The predicted molar refractivity (Wildman–Crippen MR) is 144 cm³/mol. The van der Waals surface area contributed by atoms with Crippen LogP contribution in [-0.4, -0.2) is 35.0 Å². The molecule has 0 aliphatic rings. The molecular weight excluding hydrogens is 514 g/mol. The zero-order valence-corrected chi connectivity index (χ0v) is 22.5. The Balaban J connectivity index is 1.79. The molecule has 3 aromatic rings. The van der Waals surface area contributed by atoms with E-state index in [1.807, 2.05) is 20.8 Å². The average Bonchev–Trinajstić information content (AvgIpc) is 3.29. The number of methoxy groups -OCH3 is 1. The summed E-state index contributed by atoms with van der Waals surface area (Å²) in [5.74, 6) is -1.51. The second kappa shape index (κ2) is 12.5. The fourth-order valence-corrected chi connectivity index (χ4v) is 4.80. The molecule has 194 valence electrons. The van der Waals surface area contributed by atoms with Gasteiger partial charge in [0.25, 0.3) is 11.8 Å². The van der Waals surface area contributed by atoms with Crippen LogP contribution in [0.1, 0.15) is 68.5 Å². The van der Waals surface area contributed by atoms with Crippen molar-refractivity contribution in [3.63, 3.8) is 0 Å². The molecule has 0 saturated carbocycles. The maximum atomic E-state index is 13.0. The Kier molecular flexibility index (Phi) is 9.43. The molecule has 3 rings (SSSR count). The molecule has 0 fully saturated rings. The summed E-state index contributed by atoms with van der Waals surface area (Å²) in [4.78, 5) is 43.4. The minimum Gasteiger partial charge on any atom is -0.508 e. The molecule has 1 heterocycles. The Morgan fingerprint density at radius 2 is 1.92 bits per heavy atom. The highest BCUT2D eigenvalue weighted by Crippen LogP contribution is 2.28. The maximum Gasteiger partial charge on any atom is 0.354 e. The van der Waals surface area contributed by atoms with Gasteiger partial charge < -0.3 is 20.5 Å². The van der Waals surface area contributed by atoms with Gasteiger partial charge in [-0.2, -0.15) is 0 Å².